The molecule has 0 spiro atoms. The average molecular weight is 445 g/mol. The summed E-state index contributed by atoms with van der Waals surface area (Å²) in [6.07, 6.45) is -7.53. The number of hydrogen-bond donors (Lipinski definition) is 1. The van der Waals surface area contributed by atoms with Crippen LogP contribution in [-0.4, -0.2) is 26.0 Å². The highest BCUT2D eigenvalue weighted by Gasteiger charge is 2.37. The molecular formula is C18H13F6N5O2. The highest BCUT2D eigenvalue weighted by molar-refractivity contribution is 5.95. The molecule has 0 aliphatic carbocycles. The molecule has 0 fully saturated rings. The van der Waals surface area contributed by atoms with E-state index in [2.05, 4.69) is 25.4 Å². The van der Waals surface area contributed by atoms with E-state index >= 15 is 0 Å². The van der Waals surface area contributed by atoms with Gasteiger partial charge >= 0.3 is 12.4 Å². The van der Waals surface area contributed by atoms with E-state index < -0.39 is 41.0 Å². The molecule has 1 amide bonds. The molecule has 3 aromatic rings. The molecule has 1 unspecified atom stereocenters. The summed E-state index contributed by atoms with van der Waals surface area (Å²) in [4.78, 5) is 24.6. The molecule has 1 aromatic carbocycles. The van der Waals surface area contributed by atoms with Crippen LogP contribution in [0.15, 0.2) is 35.1 Å². The minimum Gasteiger partial charge on any atom is -0.344 e. The van der Waals surface area contributed by atoms with E-state index in [1.165, 1.54) is 26.2 Å². The quantitative estimate of drug-likeness (QED) is 0.600. The summed E-state index contributed by atoms with van der Waals surface area (Å²) in [6, 6.07) is -0.326. The first-order valence-electron chi connectivity index (χ1n) is 8.58. The van der Waals surface area contributed by atoms with Gasteiger partial charge in [-0.05, 0) is 25.1 Å². The van der Waals surface area contributed by atoms with Crippen molar-refractivity contribution in [3.63, 3.8) is 0 Å². The predicted octanol–water partition coefficient (Wildman–Crippen LogP) is 4.36. The number of nitrogens with one attached hydrogen (secondary N) is 1. The van der Waals surface area contributed by atoms with E-state index in [4.69, 9.17) is 4.52 Å². The molecule has 2 aromatic heterocycles. The summed E-state index contributed by atoms with van der Waals surface area (Å²) in [5, 5.41) is 6.02. The monoisotopic (exact) mass is 445 g/mol. The highest BCUT2D eigenvalue weighted by Crippen LogP contribution is 2.36. The second-order valence-electron chi connectivity index (χ2n) is 6.42. The standard InChI is InChI=1S/C18H13F6N5O2/c1-8(13-14(26-4-3-25-13)15-28-9(2)31-29-15)27-16(30)10-5-11(17(19,20)21)7-12(6-10)18(22,23)24/h3-8H,1-2H3,(H,27,30). The maximum atomic E-state index is 13.0. The Labute approximate surface area is 170 Å². The van der Waals surface area contributed by atoms with Crippen molar-refractivity contribution in [3.05, 3.63) is 58.9 Å². The molecule has 31 heavy (non-hydrogen) atoms. The number of halogens is 6. The van der Waals surface area contributed by atoms with Crippen molar-refractivity contribution in [1.29, 1.82) is 0 Å². The lowest BCUT2D eigenvalue weighted by Crippen LogP contribution is -2.28. The van der Waals surface area contributed by atoms with Crippen LogP contribution in [0.1, 0.15) is 46.0 Å². The second kappa shape index (κ2) is 7.96. The van der Waals surface area contributed by atoms with E-state index in [1.807, 2.05) is 0 Å². The van der Waals surface area contributed by atoms with E-state index in [1.54, 1.807) is 0 Å². The van der Waals surface area contributed by atoms with E-state index in [-0.39, 0.29) is 29.2 Å². The summed E-state index contributed by atoms with van der Waals surface area (Å²) >= 11 is 0. The SMILES string of the molecule is Cc1nc(-c2nccnc2C(C)NC(=O)c2cc(C(F)(F)F)cc(C(F)(F)F)c2)no1. The van der Waals surface area contributed by atoms with Gasteiger partial charge in [0, 0.05) is 24.9 Å². The Morgan fingerprint density at radius 2 is 1.58 bits per heavy atom. The Hall–Kier alpha value is -3.51. The van der Waals surface area contributed by atoms with Crippen molar-refractivity contribution < 1.29 is 35.7 Å². The van der Waals surface area contributed by atoms with Crippen molar-refractivity contribution in [2.45, 2.75) is 32.2 Å². The van der Waals surface area contributed by atoms with E-state index in [0.29, 0.717) is 12.1 Å². The van der Waals surface area contributed by atoms with Crippen molar-refractivity contribution in [3.8, 4) is 11.5 Å². The van der Waals surface area contributed by atoms with Gasteiger partial charge in [-0.3, -0.25) is 9.78 Å². The fourth-order valence-corrected chi connectivity index (χ4v) is 2.67. The lowest BCUT2D eigenvalue weighted by molar-refractivity contribution is -0.143. The van der Waals surface area contributed by atoms with Gasteiger partial charge in [0.15, 0.2) is 0 Å². The molecule has 2 heterocycles. The summed E-state index contributed by atoms with van der Waals surface area (Å²) < 4.78 is 83.0. The summed E-state index contributed by atoms with van der Waals surface area (Å²) in [6.45, 7) is 2.96. The van der Waals surface area contributed by atoms with Gasteiger partial charge in [0.25, 0.3) is 5.91 Å². The summed E-state index contributed by atoms with van der Waals surface area (Å²) in [5.74, 6) is -0.878. The van der Waals surface area contributed by atoms with Crippen LogP contribution >= 0.6 is 0 Å². The van der Waals surface area contributed by atoms with Crippen LogP contribution in [0, 0.1) is 6.92 Å². The Morgan fingerprint density at radius 1 is 1.00 bits per heavy atom. The Kier molecular flexibility index (Phi) is 5.70. The molecule has 7 nitrogen and oxygen atoms in total. The number of rotatable bonds is 4. The fraction of sp³-hybridized carbons (Fsp3) is 0.278. The van der Waals surface area contributed by atoms with E-state index in [9.17, 15) is 31.1 Å². The van der Waals surface area contributed by atoms with Crippen LogP contribution in [-0.2, 0) is 12.4 Å². The van der Waals surface area contributed by atoms with Gasteiger partial charge in [-0.25, -0.2) is 4.98 Å². The van der Waals surface area contributed by atoms with Gasteiger partial charge in [-0.15, -0.1) is 0 Å². The third kappa shape index (κ3) is 4.98. The third-order valence-electron chi connectivity index (χ3n) is 4.07. The molecule has 0 aliphatic heterocycles. The number of nitrogens with zero attached hydrogens (tertiary/aromatic N) is 4. The van der Waals surface area contributed by atoms with Gasteiger partial charge < -0.3 is 9.84 Å². The molecule has 0 saturated heterocycles. The summed E-state index contributed by atoms with van der Waals surface area (Å²) in [5.41, 5.74) is -3.73. The smallest absolute Gasteiger partial charge is 0.344 e. The molecule has 164 valence electrons. The van der Waals surface area contributed by atoms with Gasteiger partial charge in [0.1, 0.15) is 5.69 Å². The van der Waals surface area contributed by atoms with Gasteiger partial charge in [0.05, 0.1) is 22.9 Å². The molecule has 1 N–H and O–H groups in total. The zero-order chi connectivity index (χ0) is 23.0. The first-order chi connectivity index (χ1) is 14.4. The van der Waals surface area contributed by atoms with Crippen LogP contribution in [0.4, 0.5) is 26.3 Å². The van der Waals surface area contributed by atoms with Crippen LogP contribution < -0.4 is 5.32 Å². The summed E-state index contributed by atoms with van der Waals surface area (Å²) in [7, 11) is 0. The van der Waals surface area contributed by atoms with Crippen LogP contribution in [0.5, 0.6) is 0 Å². The zero-order valence-corrected chi connectivity index (χ0v) is 15.8. The predicted molar refractivity (Wildman–Crippen MR) is 92.4 cm³/mol. The number of aryl methyl sites for hydroxylation is 1. The Balaban J connectivity index is 1.94. The number of alkyl halides is 6. The highest BCUT2D eigenvalue weighted by atomic mass is 19.4. The minimum absolute atomic E-state index is 0.0557. The third-order valence-corrected chi connectivity index (χ3v) is 4.07. The van der Waals surface area contributed by atoms with Gasteiger partial charge in [-0.2, -0.15) is 31.3 Å². The Bertz CT molecular complexity index is 1080. The number of amides is 1. The number of carbonyl (C=O) groups is 1. The lowest BCUT2D eigenvalue weighted by atomic mass is 10.0. The molecule has 0 radical (unpaired) electrons. The number of aromatic nitrogens is 4. The molecule has 13 heteroatoms. The lowest BCUT2D eigenvalue weighted by Gasteiger charge is -2.17. The minimum atomic E-state index is -5.07. The topological polar surface area (TPSA) is 93.8 Å². The molecular weight excluding hydrogens is 432 g/mol. The van der Waals surface area contributed by atoms with Crippen molar-refractivity contribution in [2.75, 3.05) is 0 Å². The largest absolute Gasteiger partial charge is 0.416 e. The molecule has 1 atom stereocenters. The first kappa shape index (κ1) is 22.2. The average Bonchev–Trinajstić information content (AvgIpc) is 3.12. The number of benzene rings is 1. The van der Waals surface area contributed by atoms with Crippen molar-refractivity contribution in [2.24, 2.45) is 0 Å². The fourth-order valence-electron chi connectivity index (χ4n) is 2.67. The van der Waals surface area contributed by atoms with Crippen LogP contribution in [0.25, 0.3) is 11.5 Å². The Morgan fingerprint density at radius 3 is 2.10 bits per heavy atom. The number of carbonyl (C=O) groups excluding carboxylic acids is 1. The van der Waals surface area contributed by atoms with Crippen LogP contribution in [0.2, 0.25) is 0 Å². The maximum Gasteiger partial charge on any atom is 0.416 e. The van der Waals surface area contributed by atoms with Gasteiger partial charge in [0.2, 0.25) is 11.7 Å². The molecule has 0 saturated carbocycles. The molecule has 3 rings (SSSR count). The first-order valence-corrected chi connectivity index (χ1v) is 8.58. The normalized spacial score (nSPS) is 13.2. The van der Waals surface area contributed by atoms with Gasteiger partial charge in [-0.1, -0.05) is 5.16 Å². The van der Waals surface area contributed by atoms with Crippen molar-refractivity contribution in [1.82, 2.24) is 25.4 Å². The molecule has 0 bridgehead atoms. The zero-order valence-electron chi connectivity index (χ0n) is 15.8. The second-order valence-corrected chi connectivity index (χ2v) is 6.42. The molecule has 0 aliphatic rings. The van der Waals surface area contributed by atoms with Crippen molar-refractivity contribution >= 4 is 5.91 Å². The number of hydrogen-bond acceptors (Lipinski definition) is 6. The van der Waals surface area contributed by atoms with Crippen LogP contribution in [0.3, 0.4) is 0 Å². The van der Waals surface area contributed by atoms with E-state index in [0.717, 1.165) is 0 Å². The maximum absolute atomic E-state index is 13.0.